The lowest BCUT2D eigenvalue weighted by atomic mass is 10.0. The van der Waals surface area contributed by atoms with Crippen molar-refractivity contribution in [2.24, 2.45) is 7.05 Å². The van der Waals surface area contributed by atoms with Gasteiger partial charge in [0.2, 0.25) is 0 Å². The van der Waals surface area contributed by atoms with Gasteiger partial charge in [-0.1, -0.05) is 49.7 Å². The van der Waals surface area contributed by atoms with Crippen LogP contribution in [0.3, 0.4) is 0 Å². The molecule has 1 fully saturated rings. The second-order valence-electron chi connectivity index (χ2n) is 9.55. The SMILES string of the molecule is CCCc1sc(C)nc1Cc1nc2cc(C[C@@H]3CC[C@H]([C@H](O)c4ccccc4)N3)ccc2n1C. The summed E-state index contributed by atoms with van der Waals surface area (Å²) >= 11 is 1.82. The van der Waals surface area contributed by atoms with Gasteiger partial charge in [-0.2, -0.15) is 0 Å². The highest BCUT2D eigenvalue weighted by Crippen LogP contribution is 2.28. The number of rotatable bonds is 8. The Morgan fingerprint density at radius 1 is 1.15 bits per heavy atom. The number of aliphatic hydroxyl groups excluding tert-OH is 1. The lowest BCUT2D eigenvalue weighted by molar-refractivity contribution is 0.135. The van der Waals surface area contributed by atoms with Gasteiger partial charge in [-0.25, -0.2) is 9.97 Å². The van der Waals surface area contributed by atoms with Crippen LogP contribution in [0.4, 0.5) is 0 Å². The number of hydrogen-bond acceptors (Lipinski definition) is 5. The molecule has 1 aliphatic heterocycles. The fourth-order valence-corrected chi connectivity index (χ4v) is 6.28. The van der Waals surface area contributed by atoms with Crippen LogP contribution in [0, 0.1) is 6.92 Å². The van der Waals surface area contributed by atoms with Gasteiger partial charge in [0.1, 0.15) is 5.82 Å². The first kappa shape index (κ1) is 23.2. The number of thiazole rings is 1. The third kappa shape index (κ3) is 4.81. The van der Waals surface area contributed by atoms with Crippen molar-refractivity contribution in [3.63, 3.8) is 0 Å². The maximum absolute atomic E-state index is 10.8. The zero-order valence-corrected chi connectivity index (χ0v) is 21.1. The lowest BCUT2D eigenvalue weighted by Crippen LogP contribution is -2.35. The smallest absolute Gasteiger partial charge is 0.115 e. The van der Waals surface area contributed by atoms with Crippen LogP contribution in [-0.4, -0.2) is 31.7 Å². The molecule has 34 heavy (non-hydrogen) atoms. The first-order valence-corrected chi connectivity index (χ1v) is 13.2. The molecule has 0 spiro atoms. The average Bonchev–Trinajstić information content (AvgIpc) is 3.52. The van der Waals surface area contributed by atoms with Gasteiger partial charge in [0.05, 0.1) is 27.8 Å². The highest BCUT2D eigenvalue weighted by molar-refractivity contribution is 7.11. The summed E-state index contributed by atoms with van der Waals surface area (Å²) in [5.41, 5.74) is 5.68. The van der Waals surface area contributed by atoms with Crippen LogP contribution >= 0.6 is 11.3 Å². The predicted molar refractivity (Wildman–Crippen MR) is 139 cm³/mol. The molecule has 1 saturated heterocycles. The van der Waals surface area contributed by atoms with E-state index in [9.17, 15) is 5.11 Å². The fourth-order valence-electron chi connectivity index (χ4n) is 5.23. The third-order valence-corrected chi connectivity index (χ3v) is 8.08. The van der Waals surface area contributed by atoms with Crippen molar-refractivity contribution in [3.05, 3.63) is 81.1 Å². The minimum absolute atomic E-state index is 0.108. The minimum atomic E-state index is -0.459. The van der Waals surface area contributed by atoms with Gasteiger partial charge in [-0.05, 0) is 55.9 Å². The first-order valence-electron chi connectivity index (χ1n) is 12.4. The van der Waals surface area contributed by atoms with Gasteiger partial charge in [-0.3, -0.25) is 0 Å². The van der Waals surface area contributed by atoms with Crippen molar-refractivity contribution in [3.8, 4) is 0 Å². The average molecular weight is 475 g/mol. The Morgan fingerprint density at radius 3 is 2.76 bits per heavy atom. The Balaban J connectivity index is 1.29. The monoisotopic (exact) mass is 474 g/mol. The molecule has 3 heterocycles. The van der Waals surface area contributed by atoms with Crippen LogP contribution in [0.5, 0.6) is 0 Å². The normalized spacial score (nSPS) is 19.2. The Hall–Kier alpha value is -2.54. The minimum Gasteiger partial charge on any atom is -0.387 e. The van der Waals surface area contributed by atoms with Crippen LogP contribution in [0.15, 0.2) is 48.5 Å². The number of benzene rings is 2. The molecule has 2 N–H and O–H groups in total. The molecule has 3 atom stereocenters. The highest BCUT2D eigenvalue weighted by atomic mass is 32.1. The summed E-state index contributed by atoms with van der Waals surface area (Å²) in [6.07, 6.45) is 5.56. The van der Waals surface area contributed by atoms with Gasteiger partial charge in [-0.15, -0.1) is 11.3 Å². The van der Waals surface area contributed by atoms with E-state index >= 15 is 0 Å². The van der Waals surface area contributed by atoms with Crippen molar-refractivity contribution < 1.29 is 5.11 Å². The van der Waals surface area contributed by atoms with E-state index in [1.807, 2.05) is 41.7 Å². The molecule has 0 saturated carbocycles. The second-order valence-corrected chi connectivity index (χ2v) is 10.8. The molecule has 5 rings (SSSR count). The van der Waals surface area contributed by atoms with Crippen molar-refractivity contribution in [1.82, 2.24) is 19.9 Å². The zero-order chi connectivity index (χ0) is 23.7. The number of nitrogens with one attached hydrogen (secondary N) is 1. The summed E-state index contributed by atoms with van der Waals surface area (Å²) in [6, 6.07) is 17.1. The first-order chi connectivity index (χ1) is 16.5. The van der Waals surface area contributed by atoms with E-state index in [0.29, 0.717) is 6.04 Å². The number of nitrogens with zero attached hydrogens (tertiary/aromatic N) is 3. The summed E-state index contributed by atoms with van der Waals surface area (Å²) in [5, 5.41) is 15.6. The summed E-state index contributed by atoms with van der Waals surface area (Å²) in [6.45, 7) is 4.31. The number of imidazole rings is 1. The maximum Gasteiger partial charge on any atom is 0.115 e. The summed E-state index contributed by atoms with van der Waals surface area (Å²) in [5.74, 6) is 1.07. The summed E-state index contributed by atoms with van der Waals surface area (Å²) < 4.78 is 2.21. The molecule has 4 aromatic rings. The molecular formula is C28H34N4OS. The Kier molecular flexibility index (Phi) is 6.82. The molecule has 0 unspecified atom stereocenters. The molecule has 0 aliphatic carbocycles. The van der Waals surface area contributed by atoms with E-state index in [2.05, 4.69) is 49.0 Å². The van der Waals surface area contributed by atoms with Gasteiger partial charge < -0.3 is 15.0 Å². The summed E-state index contributed by atoms with van der Waals surface area (Å²) in [4.78, 5) is 11.2. The van der Waals surface area contributed by atoms with Gasteiger partial charge >= 0.3 is 0 Å². The molecule has 1 aliphatic rings. The highest BCUT2D eigenvalue weighted by Gasteiger charge is 2.30. The van der Waals surface area contributed by atoms with Gasteiger partial charge in [0.25, 0.3) is 0 Å². The molecule has 6 heteroatoms. The van der Waals surface area contributed by atoms with E-state index in [1.165, 1.54) is 21.7 Å². The lowest BCUT2D eigenvalue weighted by Gasteiger charge is -2.20. The van der Waals surface area contributed by atoms with E-state index in [-0.39, 0.29) is 6.04 Å². The Labute approximate surface area is 205 Å². The molecule has 0 bridgehead atoms. The van der Waals surface area contributed by atoms with E-state index in [1.54, 1.807) is 0 Å². The predicted octanol–water partition coefficient (Wildman–Crippen LogP) is 5.28. The molecule has 5 nitrogen and oxygen atoms in total. The molecule has 2 aromatic heterocycles. The number of hydrogen-bond donors (Lipinski definition) is 2. The number of fused-ring (bicyclic) bond motifs is 1. The van der Waals surface area contributed by atoms with E-state index in [0.717, 1.165) is 60.4 Å². The molecular weight excluding hydrogens is 440 g/mol. The second kappa shape index (κ2) is 9.98. The van der Waals surface area contributed by atoms with Crippen LogP contribution in [0.1, 0.15) is 64.8 Å². The number of aromatic nitrogens is 3. The standard InChI is InChI=1S/C28H34N4OS/c1-4-8-26-24(29-18(2)34-26)17-27-31-23-16-19(11-14-25(23)32(27)3)15-21-12-13-22(30-21)28(33)20-9-6-5-7-10-20/h5-7,9-11,14,16,21-22,28,30,33H,4,8,12-13,15,17H2,1-3H3/t21-,22+,28+/m0/s1. The molecule has 2 aromatic carbocycles. The number of aliphatic hydroxyl groups is 1. The number of aryl methyl sites for hydroxylation is 3. The van der Waals surface area contributed by atoms with Crippen molar-refractivity contribution in [1.29, 1.82) is 0 Å². The van der Waals surface area contributed by atoms with Crippen molar-refractivity contribution in [2.45, 2.75) is 70.6 Å². The molecule has 0 radical (unpaired) electrons. The molecule has 0 amide bonds. The van der Waals surface area contributed by atoms with E-state index < -0.39 is 6.10 Å². The van der Waals surface area contributed by atoms with E-state index in [4.69, 9.17) is 9.97 Å². The van der Waals surface area contributed by atoms with Crippen LogP contribution in [-0.2, 0) is 26.3 Å². The van der Waals surface area contributed by atoms with Gasteiger partial charge in [0, 0.05) is 30.4 Å². The van der Waals surface area contributed by atoms with Crippen molar-refractivity contribution >= 4 is 22.4 Å². The fraction of sp³-hybridized carbons (Fsp3) is 0.429. The molecule has 178 valence electrons. The van der Waals surface area contributed by atoms with Gasteiger partial charge in [0.15, 0.2) is 0 Å². The van der Waals surface area contributed by atoms with Crippen molar-refractivity contribution in [2.75, 3.05) is 0 Å². The third-order valence-electron chi connectivity index (χ3n) is 7.01. The topological polar surface area (TPSA) is 63.0 Å². The summed E-state index contributed by atoms with van der Waals surface area (Å²) in [7, 11) is 2.11. The van der Waals surface area contributed by atoms with Crippen LogP contribution < -0.4 is 5.32 Å². The van der Waals surface area contributed by atoms with Crippen LogP contribution in [0.2, 0.25) is 0 Å². The van der Waals surface area contributed by atoms with Crippen LogP contribution in [0.25, 0.3) is 11.0 Å². The Bertz CT molecular complexity index is 1260. The quantitative estimate of drug-likeness (QED) is 0.365. The Morgan fingerprint density at radius 2 is 1.97 bits per heavy atom. The maximum atomic E-state index is 10.8. The largest absolute Gasteiger partial charge is 0.387 e. The zero-order valence-electron chi connectivity index (χ0n) is 20.3.